The maximum Gasteiger partial charge on any atom is 0.259 e. The zero-order chi connectivity index (χ0) is 81.8. The fraction of sp³-hybridized carbons (Fsp3) is 0.205. The van der Waals surface area contributed by atoms with Crippen LogP contribution in [0.25, 0.3) is 45.6 Å². The summed E-state index contributed by atoms with van der Waals surface area (Å²) in [6, 6.07) is 31.9. The van der Waals surface area contributed by atoms with Crippen molar-refractivity contribution < 1.29 is 86.8 Å². The van der Waals surface area contributed by atoms with E-state index in [9.17, 15) is 67.8 Å². The number of halogens is 9. The third-order valence-corrected chi connectivity index (χ3v) is 20.8. The Balaban J connectivity index is 0.000000135. The first kappa shape index (κ1) is 81.6. The third kappa shape index (κ3) is 17.0. The van der Waals surface area contributed by atoms with Gasteiger partial charge in [-0.05, 0) is 103 Å². The number of aromatic nitrogens is 8. The molecule has 0 bridgehead atoms. The van der Waals surface area contributed by atoms with E-state index in [0.717, 1.165) is 79.3 Å². The summed E-state index contributed by atoms with van der Waals surface area (Å²) in [4.78, 5) is 84.9. The molecular formula is C78H64ClF8N13O11S3. The van der Waals surface area contributed by atoms with Gasteiger partial charge in [0.15, 0.2) is 38.2 Å². The number of nitrogens with one attached hydrogen (secondary N) is 2. The van der Waals surface area contributed by atoms with Crippen LogP contribution in [0.3, 0.4) is 0 Å². The van der Waals surface area contributed by atoms with Crippen LogP contribution in [0.1, 0.15) is 87.8 Å². The molecule has 5 N–H and O–H groups in total. The molecular weight excluding hydrogens is 1580 g/mol. The summed E-state index contributed by atoms with van der Waals surface area (Å²) in [6.45, 7) is 4.71. The van der Waals surface area contributed by atoms with Gasteiger partial charge >= 0.3 is 0 Å². The van der Waals surface area contributed by atoms with Crippen molar-refractivity contribution in [1.29, 1.82) is 0 Å². The van der Waals surface area contributed by atoms with E-state index >= 15 is 0 Å². The normalized spacial score (nSPS) is 13.9. The molecule has 4 amide bonds. The Morgan fingerprint density at radius 2 is 0.904 bits per heavy atom. The number of nitrogens with two attached hydrogens (primary N) is 1. The maximum atomic E-state index is 14.3. The zero-order valence-corrected chi connectivity index (χ0v) is 64.3. The largest absolute Gasteiger partial charge is 0.507 e. The summed E-state index contributed by atoms with van der Waals surface area (Å²) in [5, 5.41) is 15.3. The SMILES string of the molecule is CC1(c2ccc(N)cc2)COC1.COc1ccc(CN2Cc3nc(-c4c(F)cccc4F)nc(Cl)c3C2=O)c(O)c1.COc1ccc(CN2Cc3nc(-c4c(F)cccc4F)nc(SC)c3C2=O)c(OC)c1.CS(=O)(=O)c1nc(-c2c(F)cccc2F)nc2c1C(=O)NC2.CSc1nc(-c2c(F)cccc2F)nc2c1C(=O)NC2. The molecule has 11 aromatic rings. The number of nitrogen functional groups attached to an aromatic ring is 1. The van der Waals surface area contributed by atoms with Gasteiger partial charge in [-0.2, -0.15) is 0 Å². The number of thioether (sulfide) groups is 2. The van der Waals surface area contributed by atoms with Crippen LogP contribution in [0, 0.1) is 46.5 Å². The number of phenols is 1. The van der Waals surface area contributed by atoms with E-state index in [1.165, 1.54) is 71.4 Å². The van der Waals surface area contributed by atoms with Gasteiger partial charge in [-0.3, -0.25) is 19.2 Å². The number of amides is 4. The molecule has 24 nitrogen and oxygen atoms in total. The summed E-state index contributed by atoms with van der Waals surface area (Å²) < 4.78 is 157. The van der Waals surface area contributed by atoms with E-state index in [4.69, 9.17) is 36.3 Å². The molecule has 36 heteroatoms. The smallest absolute Gasteiger partial charge is 0.259 e. The number of aromatic hydroxyl groups is 1. The Morgan fingerprint density at radius 1 is 0.509 bits per heavy atom. The molecule has 0 unspecified atom stereocenters. The van der Waals surface area contributed by atoms with Crippen LogP contribution < -0.4 is 30.6 Å². The molecule has 0 spiro atoms. The van der Waals surface area contributed by atoms with Gasteiger partial charge in [-0.15, -0.1) is 23.5 Å². The molecule has 588 valence electrons. The molecule has 0 atom stereocenters. The van der Waals surface area contributed by atoms with E-state index in [2.05, 4.69) is 69.6 Å². The minimum absolute atomic E-state index is 0.0255. The summed E-state index contributed by atoms with van der Waals surface area (Å²) >= 11 is 8.63. The van der Waals surface area contributed by atoms with E-state index in [1.54, 1.807) is 55.9 Å². The lowest BCUT2D eigenvalue weighted by atomic mass is 9.81. The monoisotopic (exact) mass is 1640 g/mol. The van der Waals surface area contributed by atoms with Gasteiger partial charge in [0.2, 0.25) is 0 Å². The topological polar surface area (TPSA) is 319 Å². The molecule has 0 saturated carbocycles. The van der Waals surface area contributed by atoms with Gasteiger partial charge in [-0.25, -0.2) is 83.4 Å². The average molecular weight is 1640 g/mol. The molecule has 0 aliphatic carbocycles. The van der Waals surface area contributed by atoms with Crippen LogP contribution in [0.15, 0.2) is 149 Å². The lowest BCUT2D eigenvalue weighted by Gasteiger charge is -2.38. The highest BCUT2D eigenvalue weighted by atomic mass is 35.5. The first-order valence-electron chi connectivity index (χ1n) is 34.0. The Kier molecular flexibility index (Phi) is 24.5. The molecule has 0 radical (unpaired) electrons. The number of phenolic OH excluding ortho intramolecular Hbond substituents is 1. The van der Waals surface area contributed by atoms with Crippen LogP contribution in [-0.2, 0) is 59.3 Å². The van der Waals surface area contributed by atoms with Crippen molar-refractivity contribution in [3.8, 4) is 68.5 Å². The van der Waals surface area contributed by atoms with E-state index in [-0.39, 0.29) is 119 Å². The summed E-state index contributed by atoms with van der Waals surface area (Å²) in [7, 11) is 0.714. The first-order chi connectivity index (χ1) is 54.5. The second-order valence-electron chi connectivity index (χ2n) is 25.8. The van der Waals surface area contributed by atoms with Gasteiger partial charge in [0.1, 0.15) is 95.9 Å². The van der Waals surface area contributed by atoms with Crippen molar-refractivity contribution in [2.24, 2.45) is 0 Å². The van der Waals surface area contributed by atoms with Crippen LogP contribution in [0.2, 0.25) is 5.15 Å². The van der Waals surface area contributed by atoms with Crippen molar-refractivity contribution in [2.45, 2.75) is 66.7 Å². The number of hydrogen-bond donors (Lipinski definition) is 4. The van der Waals surface area contributed by atoms with Gasteiger partial charge in [0.05, 0.1) is 130 Å². The second kappa shape index (κ2) is 34.2. The van der Waals surface area contributed by atoms with E-state index in [1.807, 2.05) is 18.2 Å². The molecule has 1 saturated heterocycles. The number of carbonyl (C=O) groups is 4. The van der Waals surface area contributed by atoms with Crippen molar-refractivity contribution >= 4 is 74.3 Å². The van der Waals surface area contributed by atoms with Gasteiger partial charge < -0.3 is 50.2 Å². The maximum absolute atomic E-state index is 14.3. The van der Waals surface area contributed by atoms with E-state index < -0.39 is 90.2 Å². The number of anilines is 1. The van der Waals surface area contributed by atoms with Gasteiger partial charge in [0, 0.05) is 40.6 Å². The lowest BCUT2D eigenvalue weighted by Crippen LogP contribution is -2.43. The van der Waals surface area contributed by atoms with Crippen molar-refractivity contribution in [3.05, 3.63) is 247 Å². The number of hydrogen-bond acceptors (Lipinski definition) is 22. The molecule has 4 aromatic heterocycles. The fourth-order valence-corrected chi connectivity index (χ4v) is 14.7. The first-order valence-corrected chi connectivity index (χ1v) is 38.7. The highest BCUT2D eigenvalue weighted by Crippen LogP contribution is 2.39. The number of sulfone groups is 1. The standard InChI is InChI=1S/C22H19F2N3O3S.C20H14ClF2N3O3.C13H9F2N3O3S.C13H9F2N3OS.C10H13NO/c1-29-13-8-7-12(17(9-13)30-2)10-27-11-16-19(22(27)28)21(31-3)26-20(25-16)18-14(23)5-4-6-15(18)24;1-29-11-6-5-10(15(27)7-11)8-26-9-14-17(20(26)28)18(21)25-19(24-14)16-12(22)3-2-4-13(16)23;1-22(20,21)13-10-8(5-16-12(10)19)17-11(18-13)9-6(14)3-2-4-7(9)15;1-20-13-10-8(5-16-12(10)19)17-11(18-13)9-6(14)3-2-4-7(9)15;1-10(6-12-7-10)8-2-4-9(11)5-3-8/h4-9H,10-11H2,1-3H3;2-7,27H,8-9H2,1H3;2-4H,5H2,1H3,(H,16,19);2-4H,5H2,1H3,(H,16,19);2-5H,6-7,11H2,1H3. The van der Waals surface area contributed by atoms with Crippen molar-refractivity contribution in [2.75, 3.05) is 59.0 Å². The summed E-state index contributed by atoms with van der Waals surface area (Å²) in [5.74, 6) is -7.09. The number of benzene rings is 7. The average Bonchev–Trinajstić information content (AvgIpc) is 1.59. The predicted molar refractivity (Wildman–Crippen MR) is 404 cm³/mol. The number of ether oxygens (including phenoxy) is 4. The molecule has 5 aliphatic heterocycles. The quantitative estimate of drug-likeness (QED) is 0.0321. The number of rotatable bonds is 15. The van der Waals surface area contributed by atoms with Crippen LogP contribution >= 0.6 is 35.1 Å². The Bertz CT molecular complexity index is 5710. The third-order valence-electron chi connectivity index (χ3n) is 18.2. The molecule has 16 rings (SSSR count). The Labute approximate surface area is 658 Å². The molecule has 7 aromatic carbocycles. The van der Waals surface area contributed by atoms with Crippen LogP contribution in [0.4, 0.5) is 40.8 Å². The molecule has 114 heavy (non-hydrogen) atoms. The van der Waals surface area contributed by atoms with Crippen molar-refractivity contribution in [1.82, 2.24) is 60.3 Å². The van der Waals surface area contributed by atoms with Crippen molar-refractivity contribution in [3.63, 3.8) is 0 Å². The molecule has 9 heterocycles. The second-order valence-corrected chi connectivity index (χ2v) is 29.7. The van der Waals surface area contributed by atoms with Crippen LogP contribution in [-0.4, -0.2) is 140 Å². The summed E-state index contributed by atoms with van der Waals surface area (Å²) in [6.07, 6.45) is 4.37. The fourth-order valence-electron chi connectivity index (χ4n) is 12.4. The lowest BCUT2D eigenvalue weighted by molar-refractivity contribution is -0.0499. The van der Waals surface area contributed by atoms with Gasteiger partial charge in [0.25, 0.3) is 23.6 Å². The van der Waals surface area contributed by atoms with Crippen LogP contribution in [0.5, 0.6) is 23.0 Å². The number of fused-ring (bicyclic) bond motifs is 4. The van der Waals surface area contributed by atoms with Gasteiger partial charge in [-0.1, -0.05) is 54.9 Å². The number of methoxy groups -OCH3 is 3. The number of carbonyl (C=O) groups excluding carboxylic acids is 4. The molecule has 5 aliphatic rings. The predicted octanol–water partition coefficient (Wildman–Crippen LogP) is 13.3. The zero-order valence-electron chi connectivity index (χ0n) is 61.1. The highest BCUT2D eigenvalue weighted by Gasteiger charge is 2.39. The Morgan fingerprint density at radius 3 is 1.33 bits per heavy atom. The summed E-state index contributed by atoms with van der Waals surface area (Å²) in [5.41, 5.74) is 9.67. The number of nitrogens with zero attached hydrogens (tertiary/aromatic N) is 10. The minimum Gasteiger partial charge on any atom is -0.507 e. The Hall–Kier alpha value is -11.9. The minimum atomic E-state index is -3.87. The highest BCUT2D eigenvalue weighted by molar-refractivity contribution is 7.98. The van der Waals surface area contributed by atoms with E-state index in [0.29, 0.717) is 55.4 Å². The molecule has 1 fully saturated rings.